The molecular weight excluding hydrogens is 244 g/mol. The summed E-state index contributed by atoms with van der Waals surface area (Å²) in [6.07, 6.45) is 3.06. The van der Waals surface area contributed by atoms with E-state index in [9.17, 15) is 4.79 Å². The predicted molar refractivity (Wildman–Crippen MR) is 72.4 cm³/mol. The average Bonchev–Trinajstić information content (AvgIpc) is 2.90. The van der Waals surface area contributed by atoms with Gasteiger partial charge in [-0.2, -0.15) is 0 Å². The van der Waals surface area contributed by atoms with Gasteiger partial charge in [0, 0.05) is 18.2 Å². The zero-order valence-electron chi connectivity index (χ0n) is 11.1. The molecule has 1 unspecified atom stereocenters. The van der Waals surface area contributed by atoms with E-state index in [0.29, 0.717) is 23.6 Å². The van der Waals surface area contributed by atoms with E-state index >= 15 is 0 Å². The molecule has 5 nitrogen and oxygen atoms in total. The van der Waals surface area contributed by atoms with Crippen molar-refractivity contribution in [1.29, 1.82) is 0 Å². The average molecular weight is 264 g/mol. The maximum atomic E-state index is 12.1. The largest absolute Gasteiger partial charge is 0.454 e. The van der Waals surface area contributed by atoms with Gasteiger partial charge in [0.05, 0.1) is 0 Å². The lowest BCUT2D eigenvalue weighted by Gasteiger charge is -2.16. The van der Waals surface area contributed by atoms with E-state index in [-0.39, 0.29) is 18.7 Å². The van der Waals surface area contributed by atoms with Gasteiger partial charge in [0.25, 0.3) is 5.91 Å². The lowest BCUT2D eigenvalue weighted by Crippen LogP contribution is -2.40. The van der Waals surface area contributed by atoms with Gasteiger partial charge in [-0.15, -0.1) is 0 Å². The van der Waals surface area contributed by atoms with Crippen LogP contribution in [0.1, 0.15) is 36.5 Å². The molecule has 5 heteroatoms. The van der Waals surface area contributed by atoms with Gasteiger partial charge in [0.15, 0.2) is 11.5 Å². The van der Waals surface area contributed by atoms with Crippen LogP contribution in [0.2, 0.25) is 0 Å². The standard InChI is InChI=1S/C14H20N2O3/c1-2-3-4-11(8-15)16-14(17)10-5-6-12-13(7-10)19-9-18-12/h5-7,11H,2-4,8-9,15H2,1H3,(H,16,17). The summed E-state index contributed by atoms with van der Waals surface area (Å²) in [6.45, 7) is 2.78. The third-order valence-corrected chi connectivity index (χ3v) is 3.16. The molecule has 0 fully saturated rings. The van der Waals surface area contributed by atoms with Gasteiger partial charge in [0.1, 0.15) is 0 Å². The monoisotopic (exact) mass is 264 g/mol. The molecule has 1 amide bonds. The number of ether oxygens (including phenoxy) is 2. The molecule has 3 N–H and O–H groups in total. The summed E-state index contributed by atoms with van der Waals surface area (Å²) in [5.74, 6) is 1.17. The highest BCUT2D eigenvalue weighted by Gasteiger charge is 2.17. The molecule has 0 aliphatic carbocycles. The summed E-state index contributed by atoms with van der Waals surface area (Å²) in [6, 6.07) is 5.21. The Kier molecular flexibility index (Phi) is 4.63. The first-order chi connectivity index (χ1) is 9.24. The highest BCUT2D eigenvalue weighted by molar-refractivity contribution is 5.95. The molecule has 0 aromatic heterocycles. The van der Waals surface area contributed by atoms with Gasteiger partial charge < -0.3 is 20.5 Å². The molecule has 0 bridgehead atoms. The van der Waals surface area contributed by atoms with Crippen LogP contribution >= 0.6 is 0 Å². The van der Waals surface area contributed by atoms with E-state index in [1.54, 1.807) is 18.2 Å². The molecular formula is C14H20N2O3. The molecule has 1 heterocycles. The smallest absolute Gasteiger partial charge is 0.251 e. The second-order valence-corrected chi connectivity index (χ2v) is 4.62. The molecule has 104 valence electrons. The number of amides is 1. The number of nitrogens with two attached hydrogens (primary N) is 1. The molecule has 1 aromatic carbocycles. The van der Waals surface area contributed by atoms with Crippen molar-refractivity contribution in [2.45, 2.75) is 32.2 Å². The quantitative estimate of drug-likeness (QED) is 0.819. The first-order valence-corrected chi connectivity index (χ1v) is 6.65. The van der Waals surface area contributed by atoms with Gasteiger partial charge >= 0.3 is 0 Å². The van der Waals surface area contributed by atoms with E-state index < -0.39 is 0 Å². The van der Waals surface area contributed by atoms with Crippen LogP contribution in [-0.2, 0) is 0 Å². The molecule has 1 atom stereocenters. The number of hydrogen-bond donors (Lipinski definition) is 2. The Balaban J connectivity index is 1.99. The minimum atomic E-state index is -0.121. The molecule has 0 radical (unpaired) electrons. The second kappa shape index (κ2) is 6.43. The summed E-state index contributed by atoms with van der Waals surface area (Å²) >= 11 is 0. The lowest BCUT2D eigenvalue weighted by molar-refractivity contribution is 0.0935. The number of unbranched alkanes of at least 4 members (excludes halogenated alkanes) is 1. The molecule has 1 aliphatic heterocycles. The number of nitrogens with one attached hydrogen (secondary N) is 1. The number of benzene rings is 1. The van der Waals surface area contributed by atoms with Crippen molar-refractivity contribution in [1.82, 2.24) is 5.32 Å². The van der Waals surface area contributed by atoms with E-state index in [0.717, 1.165) is 19.3 Å². The van der Waals surface area contributed by atoms with Gasteiger partial charge in [-0.05, 0) is 24.6 Å². The summed E-state index contributed by atoms with van der Waals surface area (Å²) < 4.78 is 10.5. The van der Waals surface area contributed by atoms with Crippen LogP contribution in [0.3, 0.4) is 0 Å². The SMILES string of the molecule is CCCCC(CN)NC(=O)c1ccc2c(c1)OCO2. The normalized spacial score (nSPS) is 14.2. The van der Waals surface area contributed by atoms with Crippen molar-refractivity contribution in [3.8, 4) is 11.5 Å². The van der Waals surface area contributed by atoms with Gasteiger partial charge in [-0.25, -0.2) is 0 Å². The molecule has 19 heavy (non-hydrogen) atoms. The molecule has 0 saturated heterocycles. The summed E-state index contributed by atoms with van der Waals surface area (Å²) in [5, 5.41) is 2.95. The lowest BCUT2D eigenvalue weighted by atomic mass is 10.1. The number of carbonyl (C=O) groups excluding carboxylic acids is 1. The maximum absolute atomic E-state index is 12.1. The zero-order chi connectivity index (χ0) is 13.7. The van der Waals surface area contributed by atoms with E-state index in [2.05, 4.69) is 12.2 Å². The highest BCUT2D eigenvalue weighted by Crippen LogP contribution is 2.32. The Morgan fingerprint density at radius 2 is 2.21 bits per heavy atom. The van der Waals surface area contributed by atoms with Gasteiger partial charge in [-0.3, -0.25) is 4.79 Å². The fourth-order valence-corrected chi connectivity index (χ4v) is 2.01. The Bertz CT molecular complexity index is 448. The Morgan fingerprint density at radius 1 is 1.42 bits per heavy atom. The van der Waals surface area contributed by atoms with Crippen molar-refractivity contribution in [3.05, 3.63) is 23.8 Å². The first-order valence-electron chi connectivity index (χ1n) is 6.65. The number of hydrogen-bond acceptors (Lipinski definition) is 4. The van der Waals surface area contributed by atoms with Crippen molar-refractivity contribution in [2.75, 3.05) is 13.3 Å². The van der Waals surface area contributed by atoms with E-state index in [1.807, 2.05) is 0 Å². The van der Waals surface area contributed by atoms with Crippen LogP contribution in [0, 0.1) is 0 Å². The molecule has 0 spiro atoms. The molecule has 0 saturated carbocycles. The number of carbonyl (C=O) groups is 1. The van der Waals surface area contributed by atoms with Gasteiger partial charge in [0.2, 0.25) is 6.79 Å². The number of rotatable bonds is 6. The fourth-order valence-electron chi connectivity index (χ4n) is 2.01. The number of fused-ring (bicyclic) bond motifs is 1. The van der Waals surface area contributed by atoms with E-state index in [4.69, 9.17) is 15.2 Å². The van der Waals surface area contributed by atoms with Crippen LogP contribution in [-0.4, -0.2) is 25.3 Å². The Labute approximate surface area is 113 Å². The molecule has 1 aromatic rings. The second-order valence-electron chi connectivity index (χ2n) is 4.62. The van der Waals surface area contributed by atoms with Crippen LogP contribution in [0.4, 0.5) is 0 Å². The summed E-state index contributed by atoms with van der Waals surface area (Å²) in [4.78, 5) is 12.1. The van der Waals surface area contributed by atoms with Crippen molar-refractivity contribution in [2.24, 2.45) is 5.73 Å². The van der Waals surface area contributed by atoms with Crippen LogP contribution in [0.15, 0.2) is 18.2 Å². The maximum Gasteiger partial charge on any atom is 0.251 e. The topological polar surface area (TPSA) is 73.6 Å². The first kappa shape index (κ1) is 13.7. The van der Waals surface area contributed by atoms with Crippen molar-refractivity contribution < 1.29 is 14.3 Å². The third-order valence-electron chi connectivity index (χ3n) is 3.16. The zero-order valence-corrected chi connectivity index (χ0v) is 11.1. The van der Waals surface area contributed by atoms with Crippen LogP contribution < -0.4 is 20.5 Å². The minimum absolute atomic E-state index is 0.0258. The highest BCUT2D eigenvalue weighted by atomic mass is 16.7. The summed E-state index contributed by atoms with van der Waals surface area (Å²) in [7, 11) is 0. The van der Waals surface area contributed by atoms with Crippen LogP contribution in [0.5, 0.6) is 11.5 Å². The minimum Gasteiger partial charge on any atom is -0.454 e. The van der Waals surface area contributed by atoms with Gasteiger partial charge in [-0.1, -0.05) is 19.8 Å². The summed E-state index contributed by atoms with van der Waals surface area (Å²) in [5.41, 5.74) is 6.24. The van der Waals surface area contributed by atoms with Crippen LogP contribution in [0.25, 0.3) is 0 Å². The van der Waals surface area contributed by atoms with E-state index in [1.165, 1.54) is 0 Å². The molecule has 1 aliphatic rings. The third kappa shape index (κ3) is 3.38. The van der Waals surface area contributed by atoms with Crippen molar-refractivity contribution >= 4 is 5.91 Å². The molecule has 2 rings (SSSR count). The Morgan fingerprint density at radius 3 is 2.95 bits per heavy atom. The fraction of sp³-hybridized carbons (Fsp3) is 0.500. The predicted octanol–water partition coefficient (Wildman–Crippen LogP) is 1.66. The van der Waals surface area contributed by atoms with Crippen molar-refractivity contribution in [3.63, 3.8) is 0 Å². The Hall–Kier alpha value is -1.75.